The quantitative estimate of drug-likeness (QED) is 0.195. The van der Waals surface area contributed by atoms with E-state index in [1.54, 1.807) is 18.7 Å². The SMILES string of the molecule is CC[C@@H]1C(=O)NC2(CCCC2)C(=O)N(C)[C@@H](C2CCCC2)C(=O)N(C)[C@H](C(=O)N2CCCCC2)CC(=O)N(C)[C@@H](CC(C)C)C(=O)N[C@@H]([C@@H](C)CC)C(=O)N(C)[C@@H](C)C(=O)N2CC[C@H]2C(=O)N(C)[C@@H](CC2CCCCC2)C(=O)N(C)CC(=O)N[C@@H](CCc2ccc(C(F)(F)F)c(Cl)c2)C(=O)N1C. The number of carbonyl (C=O) groups excluding carboxylic acids is 12. The number of fused-ring (bicyclic) bond motifs is 1. The van der Waals surface area contributed by atoms with E-state index in [0.29, 0.717) is 58.0 Å². The molecule has 0 aromatic heterocycles. The number of likely N-dealkylation sites (N-methyl/N-ethyl adjacent to an activating group) is 7. The van der Waals surface area contributed by atoms with Crippen LogP contribution in [-0.2, 0) is 70.1 Å². The molecule has 0 radical (unpaired) electrons. The van der Waals surface area contributed by atoms with Crippen molar-refractivity contribution in [3.8, 4) is 0 Å². The van der Waals surface area contributed by atoms with E-state index in [2.05, 4.69) is 16.0 Å². The molecule has 6 aliphatic rings. The predicted octanol–water partition coefficient (Wildman–Crippen LogP) is 6.81. The predicted molar refractivity (Wildman–Crippen MR) is 378 cm³/mol. The lowest BCUT2D eigenvalue weighted by Gasteiger charge is -2.45. The Labute approximate surface area is 605 Å². The third kappa shape index (κ3) is 19.5. The molecule has 3 saturated heterocycles. The molecular formula is C74H114ClF3N12O12. The highest BCUT2D eigenvalue weighted by molar-refractivity contribution is 6.31. The summed E-state index contributed by atoms with van der Waals surface area (Å²) in [5.74, 6) is -8.68. The number of likely N-dealkylation sites (tertiary alicyclic amines) is 1. The summed E-state index contributed by atoms with van der Waals surface area (Å²) in [5.41, 5.74) is -2.38. The number of aryl methyl sites for hydroxylation is 1. The lowest BCUT2D eigenvalue weighted by atomic mass is 9.84. The van der Waals surface area contributed by atoms with Gasteiger partial charge in [-0.2, -0.15) is 13.2 Å². The van der Waals surface area contributed by atoms with Gasteiger partial charge in [-0.1, -0.05) is 116 Å². The second kappa shape index (κ2) is 36.1. The number of benzene rings is 1. The number of amides is 12. The molecule has 3 saturated carbocycles. The summed E-state index contributed by atoms with van der Waals surface area (Å²) in [6.07, 6.45) is 5.84. The van der Waals surface area contributed by atoms with Crippen LogP contribution >= 0.6 is 11.6 Å². The summed E-state index contributed by atoms with van der Waals surface area (Å²) in [6, 6.07) is -7.91. The highest BCUT2D eigenvalue weighted by Gasteiger charge is 2.52. The number of carbonyl (C=O) groups is 12. The first-order valence-electron chi connectivity index (χ1n) is 37.3. The molecule has 1 aromatic rings. The number of rotatable bonds is 12. The number of halogens is 4. The van der Waals surface area contributed by atoms with Crippen molar-refractivity contribution in [3.05, 3.63) is 34.3 Å². The van der Waals surface area contributed by atoms with Crippen LogP contribution in [0, 0.1) is 23.7 Å². The van der Waals surface area contributed by atoms with Crippen molar-refractivity contribution in [1.29, 1.82) is 0 Å². The zero-order valence-electron chi connectivity index (χ0n) is 62.5. The van der Waals surface area contributed by atoms with Gasteiger partial charge in [0.15, 0.2) is 0 Å². The molecule has 3 heterocycles. The van der Waals surface area contributed by atoms with Gasteiger partial charge in [0.2, 0.25) is 70.9 Å². The largest absolute Gasteiger partial charge is 0.417 e. The molecule has 3 aliphatic heterocycles. The van der Waals surface area contributed by atoms with Gasteiger partial charge in [0, 0.05) is 69.0 Å². The number of nitrogens with one attached hydrogen (secondary N) is 3. The summed E-state index contributed by atoms with van der Waals surface area (Å²) in [5, 5.41) is 8.16. The van der Waals surface area contributed by atoms with E-state index in [-0.39, 0.29) is 75.3 Å². The number of piperidine rings is 1. The van der Waals surface area contributed by atoms with Gasteiger partial charge in [0.25, 0.3) is 0 Å². The van der Waals surface area contributed by atoms with Crippen LogP contribution in [0.3, 0.4) is 0 Å². The van der Waals surface area contributed by atoms with Crippen LogP contribution in [-0.4, -0.2) is 250 Å². The highest BCUT2D eigenvalue weighted by Crippen LogP contribution is 2.39. The molecule has 570 valence electrons. The third-order valence-corrected chi connectivity index (χ3v) is 23.4. The van der Waals surface area contributed by atoms with E-state index in [1.807, 2.05) is 20.8 Å². The molecule has 3 aliphatic carbocycles. The second-order valence-electron chi connectivity index (χ2n) is 30.5. The fourth-order valence-corrected chi connectivity index (χ4v) is 16.4. The summed E-state index contributed by atoms with van der Waals surface area (Å²) in [4.78, 5) is 193. The van der Waals surface area contributed by atoms with Gasteiger partial charge >= 0.3 is 6.18 Å². The molecule has 102 heavy (non-hydrogen) atoms. The first kappa shape index (κ1) is 82.2. The summed E-state index contributed by atoms with van der Waals surface area (Å²) < 4.78 is 41.7. The lowest BCUT2D eigenvalue weighted by Crippen LogP contribution is -2.65. The van der Waals surface area contributed by atoms with Crippen LogP contribution in [0.25, 0.3) is 0 Å². The molecular weight excluding hydrogens is 1340 g/mol. The Morgan fingerprint density at radius 1 is 0.637 bits per heavy atom. The van der Waals surface area contributed by atoms with Gasteiger partial charge in [0.1, 0.15) is 59.9 Å². The molecule has 6 fully saturated rings. The van der Waals surface area contributed by atoms with Crippen molar-refractivity contribution in [2.45, 2.75) is 262 Å². The second-order valence-corrected chi connectivity index (χ2v) is 30.9. The van der Waals surface area contributed by atoms with Gasteiger partial charge in [-0.05, 0) is 132 Å². The van der Waals surface area contributed by atoms with Crippen LogP contribution in [0.15, 0.2) is 18.2 Å². The van der Waals surface area contributed by atoms with E-state index in [0.717, 1.165) is 73.3 Å². The van der Waals surface area contributed by atoms with E-state index in [4.69, 9.17) is 11.6 Å². The van der Waals surface area contributed by atoms with Gasteiger partial charge in [-0.25, -0.2) is 0 Å². The molecule has 10 atom stereocenters. The normalized spacial score (nSPS) is 27.9. The molecule has 28 heteroatoms. The van der Waals surface area contributed by atoms with Crippen LogP contribution in [0.4, 0.5) is 13.2 Å². The Balaban J connectivity index is 1.30. The van der Waals surface area contributed by atoms with Gasteiger partial charge in [-0.15, -0.1) is 0 Å². The van der Waals surface area contributed by atoms with Crippen molar-refractivity contribution in [1.82, 2.24) is 60.0 Å². The van der Waals surface area contributed by atoms with Gasteiger partial charge in [0.05, 0.1) is 23.6 Å². The average molecular weight is 1460 g/mol. The van der Waals surface area contributed by atoms with Gasteiger partial charge < -0.3 is 60.0 Å². The molecule has 1 aromatic carbocycles. The molecule has 0 bridgehead atoms. The Bertz CT molecular complexity index is 3190. The van der Waals surface area contributed by atoms with E-state index >= 15 is 28.8 Å². The standard InChI is InChI=1S/C74H114ClF3N12O12/c1-14-46(5)61-70(100)83(8)47(6)65(95)90-39-34-55(90)68(98)86(11)57(42-48-26-18-16-19-27-48)67(97)82(7)44-59(91)79-53(33-31-49-30-32-51(52(75)41-49)74(76,77)78)66(96)85(10)54(15-2)64(94)81-73(35-22-23-36-73)72(102)88(13)62(50-28-20-21-29-50)71(101)87(12)58(69(99)89-37-24-17-25-38-89)43-60(92)84(9)56(40-45(3)4)63(93)80-61/h30,32,41,45-48,50,53-58,61-62H,14-29,31,33-40,42-44H2,1-13H3,(H,79,91)(H,80,93)(H,81,94)/t46-,47-,53-,54+,55-,56-,57-,58-,61-,62-/m0/s1. The van der Waals surface area contributed by atoms with Gasteiger partial charge in [-0.3, -0.25) is 57.5 Å². The first-order valence-corrected chi connectivity index (χ1v) is 37.7. The maximum atomic E-state index is 15.7. The van der Waals surface area contributed by atoms with E-state index < -0.39 is 172 Å². The summed E-state index contributed by atoms with van der Waals surface area (Å²) in [7, 11) is 10.1. The topological polar surface area (TPSA) is 270 Å². The van der Waals surface area contributed by atoms with E-state index in [9.17, 15) is 41.9 Å². The minimum atomic E-state index is -4.76. The van der Waals surface area contributed by atoms with E-state index in [1.165, 1.54) is 91.7 Å². The minimum absolute atomic E-state index is 0.00641. The molecule has 24 nitrogen and oxygen atoms in total. The monoisotopic (exact) mass is 1450 g/mol. The Morgan fingerprint density at radius 3 is 1.81 bits per heavy atom. The zero-order chi connectivity index (χ0) is 75.4. The summed E-state index contributed by atoms with van der Waals surface area (Å²) >= 11 is 6.16. The third-order valence-electron chi connectivity index (χ3n) is 23.0. The van der Waals surface area contributed by atoms with Crippen molar-refractivity contribution < 1.29 is 70.7 Å². The first-order chi connectivity index (χ1) is 48.1. The van der Waals surface area contributed by atoms with Crippen molar-refractivity contribution >= 4 is 82.5 Å². The number of hydrogen-bond donors (Lipinski definition) is 3. The van der Waals surface area contributed by atoms with Crippen molar-refractivity contribution in [3.63, 3.8) is 0 Å². The Kier molecular flexibility index (Phi) is 29.1. The van der Waals surface area contributed by atoms with Crippen molar-refractivity contribution in [2.24, 2.45) is 23.7 Å². The van der Waals surface area contributed by atoms with Crippen LogP contribution in [0.5, 0.6) is 0 Å². The highest BCUT2D eigenvalue weighted by atomic mass is 35.5. The molecule has 12 amide bonds. The zero-order valence-corrected chi connectivity index (χ0v) is 63.2. The fourth-order valence-electron chi connectivity index (χ4n) is 16.1. The smallest absolute Gasteiger partial charge is 0.343 e. The lowest BCUT2D eigenvalue weighted by molar-refractivity contribution is -0.160. The minimum Gasteiger partial charge on any atom is -0.343 e. The number of hydrogen-bond acceptors (Lipinski definition) is 12. The average Bonchev–Trinajstić information content (AvgIpc) is 1.42. The van der Waals surface area contributed by atoms with Crippen LogP contribution < -0.4 is 16.0 Å². The van der Waals surface area contributed by atoms with Crippen LogP contribution in [0.1, 0.15) is 200 Å². The molecule has 1 spiro atoms. The fraction of sp³-hybridized carbons (Fsp3) is 0.757. The van der Waals surface area contributed by atoms with Crippen molar-refractivity contribution in [2.75, 3.05) is 75.5 Å². The van der Waals surface area contributed by atoms with Crippen LogP contribution in [0.2, 0.25) is 5.02 Å². The Hall–Kier alpha value is -7.06. The summed E-state index contributed by atoms with van der Waals surface area (Å²) in [6.45, 7) is 10.8. The molecule has 3 N–H and O–H groups in total. The maximum Gasteiger partial charge on any atom is 0.417 e. The molecule has 7 rings (SSSR count). The Morgan fingerprint density at radius 2 is 1.25 bits per heavy atom. The number of alkyl halides is 3. The maximum absolute atomic E-state index is 15.7. The molecule has 0 unspecified atom stereocenters. The number of nitrogens with zero attached hydrogens (tertiary/aromatic N) is 9.